The van der Waals surface area contributed by atoms with Crippen LogP contribution in [-0.4, -0.2) is 4.98 Å². The van der Waals surface area contributed by atoms with Gasteiger partial charge < -0.3 is 10.7 Å². The van der Waals surface area contributed by atoms with Crippen molar-refractivity contribution in [1.82, 2.24) is 4.98 Å². The largest absolute Gasteiger partial charge is 0.361 e. The summed E-state index contributed by atoms with van der Waals surface area (Å²) in [6, 6.07) is 6.23. The molecule has 2 aromatic rings. The van der Waals surface area contributed by atoms with E-state index < -0.39 is 0 Å². The molecule has 1 aromatic carbocycles. The Hall–Kier alpha value is -1.28. The van der Waals surface area contributed by atoms with Crippen molar-refractivity contribution >= 4 is 10.9 Å². The van der Waals surface area contributed by atoms with Crippen LogP contribution in [0, 0.1) is 0 Å². The van der Waals surface area contributed by atoms with Crippen molar-refractivity contribution in [3.8, 4) is 0 Å². The predicted octanol–water partition coefficient (Wildman–Crippen LogP) is 2.19. The average Bonchev–Trinajstić information content (AvgIpc) is 2.60. The average molecular weight is 174 g/mol. The van der Waals surface area contributed by atoms with Crippen molar-refractivity contribution in [3.05, 3.63) is 35.5 Å². The predicted molar refractivity (Wildman–Crippen MR) is 55.6 cm³/mol. The van der Waals surface area contributed by atoms with Crippen LogP contribution in [0.4, 0.5) is 0 Å². The lowest BCUT2D eigenvalue weighted by Gasteiger charge is -2.01. The summed E-state index contributed by atoms with van der Waals surface area (Å²) in [5, 5.41) is 1.31. The first-order valence-corrected chi connectivity index (χ1v) is 4.64. The molecule has 2 heteroatoms. The van der Waals surface area contributed by atoms with Gasteiger partial charge in [0.05, 0.1) is 0 Å². The molecule has 2 rings (SSSR count). The van der Waals surface area contributed by atoms with Gasteiger partial charge in [-0.25, -0.2) is 0 Å². The van der Waals surface area contributed by atoms with Crippen LogP contribution in [0.2, 0.25) is 0 Å². The Bertz CT molecular complexity index is 415. The zero-order chi connectivity index (χ0) is 9.26. The number of benzene rings is 1. The molecule has 13 heavy (non-hydrogen) atoms. The molecule has 0 bridgehead atoms. The molecule has 0 aliphatic carbocycles. The van der Waals surface area contributed by atoms with Crippen molar-refractivity contribution in [1.29, 1.82) is 0 Å². The summed E-state index contributed by atoms with van der Waals surface area (Å²) in [6.07, 6.45) is 3.13. The fourth-order valence-corrected chi connectivity index (χ4v) is 1.79. The van der Waals surface area contributed by atoms with Gasteiger partial charge in [-0.15, -0.1) is 0 Å². The Morgan fingerprint density at radius 1 is 1.31 bits per heavy atom. The first-order valence-electron chi connectivity index (χ1n) is 4.64. The lowest BCUT2D eigenvalue weighted by atomic mass is 10.1. The van der Waals surface area contributed by atoms with Crippen LogP contribution in [0.1, 0.15) is 18.1 Å². The van der Waals surface area contributed by atoms with Gasteiger partial charge in [0.25, 0.3) is 0 Å². The molecular weight excluding hydrogens is 160 g/mol. The molecule has 0 atom stereocenters. The molecule has 0 radical (unpaired) electrons. The highest BCUT2D eigenvalue weighted by molar-refractivity contribution is 5.86. The molecule has 0 unspecified atom stereocenters. The Labute approximate surface area is 77.8 Å². The van der Waals surface area contributed by atoms with E-state index in [2.05, 4.69) is 30.2 Å². The second-order valence-corrected chi connectivity index (χ2v) is 3.21. The summed E-state index contributed by atoms with van der Waals surface area (Å²) >= 11 is 0. The van der Waals surface area contributed by atoms with E-state index in [4.69, 9.17) is 5.73 Å². The first kappa shape index (κ1) is 8.32. The summed E-state index contributed by atoms with van der Waals surface area (Å²) in [7, 11) is 0. The lowest BCUT2D eigenvalue weighted by molar-refractivity contribution is 1.08. The van der Waals surface area contributed by atoms with E-state index in [0.29, 0.717) is 6.54 Å². The monoisotopic (exact) mass is 174 g/mol. The summed E-state index contributed by atoms with van der Waals surface area (Å²) in [4.78, 5) is 3.26. The quantitative estimate of drug-likeness (QED) is 0.720. The van der Waals surface area contributed by atoms with Crippen molar-refractivity contribution in [2.45, 2.75) is 19.9 Å². The second kappa shape index (κ2) is 3.23. The number of fused-ring (bicyclic) bond motifs is 1. The molecule has 3 N–H and O–H groups in total. The number of H-pyrrole nitrogens is 1. The van der Waals surface area contributed by atoms with Crippen molar-refractivity contribution in [3.63, 3.8) is 0 Å². The van der Waals surface area contributed by atoms with Crippen molar-refractivity contribution in [2.75, 3.05) is 0 Å². The number of nitrogens with two attached hydrogens (primary N) is 1. The fourth-order valence-electron chi connectivity index (χ4n) is 1.79. The van der Waals surface area contributed by atoms with Gasteiger partial charge in [-0.2, -0.15) is 0 Å². The van der Waals surface area contributed by atoms with E-state index in [-0.39, 0.29) is 0 Å². The summed E-state index contributed by atoms with van der Waals surface area (Å²) in [5.74, 6) is 0. The Balaban J connectivity index is 2.76. The molecule has 1 heterocycles. The van der Waals surface area contributed by atoms with Crippen molar-refractivity contribution < 1.29 is 0 Å². The Morgan fingerprint density at radius 2 is 2.15 bits per heavy atom. The maximum Gasteiger partial charge on any atom is 0.0460 e. The van der Waals surface area contributed by atoms with E-state index in [1.54, 1.807) is 0 Å². The molecule has 0 aliphatic heterocycles. The summed E-state index contributed by atoms with van der Waals surface area (Å²) < 4.78 is 0. The van der Waals surface area contributed by atoms with E-state index in [1.807, 2.05) is 6.07 Å². The van der Waals surface area contributed by atoms with Gasteiger partial charge in [-0.3, -0.25) is 0 Å². The highest BCUT2D eigenvalue weighted by Gasteiger charge is 2.04. The Kier molecular flexibility index (Phi) is 2.07. The van der Waals surface area contributed by atoms with Gasteiger partial charge in [-0.05, 0) is 23.6 Å². The molecule has 0 fully saturated rings. The number of rotatable bonds is 2. The lowest BCUT2D eigenvalue weighted by Crippen LogP contribution is -1.97. The maximum atomic E-state index is 5.68. The molecule has 0 aliphatic rings. The van der Waals surface area contributed by atoms with E-state index in [1.165, 1.54) is 22.0 Å². The van der Waals surface area contributed by atoms with E-state index in [0.717, 1.165) is 6.42 Å². The molecule has 0 saturated heterocycles. The third-order valence-electron chi connectivity index (χ3n) is 2.47. The third-order valence-corrected chi connectivity index (χ3v) is 2.47. The van der Waals surface area contributed by atoms with Gasteiger partial charge in [0.1, 0.15) is 0 Å². The van der Waals surface area contributed by atoms with Gasteiger partial charge >= 0.3 is 0 Å². The Morgan fingerprint density at radius 3 is 2.85 bits per heavy atom. The van der Waals surface area contributed by atoms with Crippen LogP contribution < -0.4 is 5.73 Å². The van der Waals surface area contributed by atoms with Crippen LogP contribution in [-0.2, 0) is 13.0 Å². The maximum absolute atomic E-state index is 5.68. The zero-order valence-corrected chi connectivity index (χ0v) is 7.80. The zero-order valence-electron chi connectivity index (χ0n) is 7.80. The first-order chi connectivity index (χ1) is 6.36. The number of hydrogen-bond donors (Lipinski definition) is 2. The van der Waals surface area contributed by atoms with Crippen molar-refractivity contribution in [2.24, 2.45) is 5.73 Å². The molecule has 2 nitrogen and oxygen atoms in total. The van der Waals surface area contributed by atoms with Crippen LogP contribution in [0.25, 0.3) is 10.9 Å². The number of aromatic nitrogens is 1. The van der Waals surface area contributed by atoms with Gasteiger partial charge in [0.15, 0.2) is 0 Å². The fraction of sp³-hybridized carbons (Fsp3) is 0.273. The van der Waals surface area contributed by atoms with Crippen LogP contribution in [0.5, 0.6) is 0 Å². The van der Waals surface area contributed by atoms with Gasteiger partial charge in [0.2, 0.25) is 0 Å². The number of aromatic amines is 1. The number of nitrogens with one attached hydrogen (secondary N) is 1. The molecule has 68 valence electrons. The van der Waals surface area contributed by atoms with E-state index >= 15 is 0 Å². The topological polar surface area (TPSA) is 41.8 Å². The minimum Gasteiger partial charge on any atom is -0.361 e. The molecule has 0 saturated carbocycles. The number of hydrogen-bond acceptors (Lipinski definition) is 1. The van der Waals surface area contributed by atoms with E-state index in [9.17, 15) is 0 Å². The second-order valence-electron chi connectivity index (χ2n) is 3.21. The number of aryl methyl sites for hydroxylation is 1. The minimum absolute atomic E-state index is 0.613. The molecule has 1 aromatic heterocycles. The van der Waals surface area contributed by atoms with Gasteiger partial charge in [0, 0.05) is 23.6 Å². The SMILES string of the molecule is CCc1c[nH]c2cccc(CN)c12. The summed E-state index contributed by atoms with van der Waals surface area (Å²) in [6.45, 7) is 2.78. The third kappa shape index (κ3) is 1.23. The van der Waals surface area contributed by atoms with Crippen LogP contribution in [0.15, 0.2) is 24.4 Å². The van der Waals surface area contributed by atoms with Gasteiger partial charge in [-0.1, -0.05) is 19.1 Å². The minimum atomic E-state index is 0.613. The summed E-state index contributed by atoms with van der Waals surface area (Å²) in [5.41, 5.74) is 9.47. The highest BCUT2D eigenvalue weighted by Crippen LogP contribution is 2.22. The molecule has 0 amide bonds. The highest BCUT2D eigenvalue weighted by atomic mass is 14.7. The molecular formula is C11H14N2. The normalized spacial score (nSPS) is 10.9. The molecule has 0 spiro atoms. The smallest absolute Gasteiger partial charge is 0.0460 e. The standard InChI is InChI=1S/C11H14N2/c1-2-8-7-13-10-5-3-4-9(6-12)11(8)10/h3-5,7,13H,2,6,12H2,1H3. The van der Waals surface area contributed by atoms with Crippen LogP contribution in [0.3, 0.4) is 0 Å². The van der Waals surface area contributed by atoms with Crippen LogP contribution >= 0.6 is 0 Å².